The summed E-state index contributed by atoms with van der Waals surface area (Å²) in [4.78, 5) is 8.72. The van der Waals surface area contributed by atoms with Crippen molar-refractivity contribution in [3.8, 4) is 11.1 Å². The average Bonchev–Trinajstić information content (AvgIpc) is 2.47. The lowest BCUT2D eigenvalue weighted by molar-refractivity contribution is 0.885. The Morgan fingerprint density at radius 3 is 2.75 bits per heavy atom. The molecule has 0 saturated carbocycles. The number of anilines is 1. The molecule has 0 spiro atoms. The normalized spacial score (nSPS) is 10.8. The maximum absolute atomic E-state index is 6.14. The van der Waals surface area contributed by atoms with Crippen molar-refractivity contribution in [2.24, 2.45) is 0 Å². The second kappa shape index (κ2) is 5.29. The van der Waals surface area contributed by atoms with Crippen LogP contribution in [0, 0.1) is 0 Å². The fraction of sp³-hybridized carbons (Fsp3) is 0.176. The first-order valence-electron chi connectivity index (χ1n) is 6.88. The minimum atomic E-state index is 0.590. The van der Waals surface area contributed by atoms with Gasteiger partial charge in [0.25, 0.3) is 0 Å². The van der Waals surface area contributed by atoms with Crippen LogP contribution in [0.25, 0.3) is 21.9 Å². The maximum atomic E-state index is 6.14. The Bertz CT molecular complexity index is 745. The summed E-state index contributed by atoms with van der Waals surface area (Å²) in [6.07, 6.45) is 5.72. The second-order valence-electron chi connectivity index (χ2n) is 4.89. The van der Waals surface area contributed by atoms with Gasteiger partial charge >= 0.3 is 0 Å². The molecule has 0 aliphatic heterocycles. The standard InChI is InChI=1S/C17H17N3/c1-2-4-13-7-8-15(17(18)20-13)14-6-3-5-12-9-10-19-11-16(12)14/h3,5-11H,2,4H2,1H3,(H2,18,20). The highest BCUT2D eigenvalue weighted by Gasteiger charge is 2.08. The van der Waals surface area contributed by atoms with E-state index in [1.54, 1.807) is 6.20 Å². The molecule has 3 aromatic rings. The number of aryl methyl sites for hydroxylation is 1. The number of pyridine rings is 2. The summed E-state index contributed by atoms with van der Waals surface area (Å²) in [5.41, 5.74) is 9.25. The average molecular weight is 263 g/mol. The molecule has 0 saturated heterocycles. The van der Waals surface area contributed by atoms with Gasteiger partial charge in [-0.1, -0.05) is 31.5 Å². The molecule has 3 rings (SSSR count). The number of benzene rings is 1. The molecule has 0 aliphatic carbocycles. The van der Waals surface area contributed by atoms with E-state index in [0.717, 1.165) is 40.4 Å². The molecule has 2 N–H and O–H groups in total. The zero-order valence-corrected chi connectivity index (χ0v) is 11.5. The van der Waals surface area contributed by atoms with Crippen LogP contribution in [0.15, 0.2) is 48.8 Å². The highest BCUT2D eigenvalue weighted by molar-refractivity contribution is 5.98. The lowest BCUT2D eigenvalue weighted by Crippen LogP contribution is -1.98. The van der Waals surface area contributed by atoms with E-state index in [2.05, 4.69) is 41.2 Å². The Labute approximate surface area is 118 Å². The molecule has 0 fully saturated rings. The predicted molar refractivity (Wildman–Crippen MR) is 83.4 cm³/mol. The van der Waals surface area contributed by atoms with E-state index in [0.29, 0.717) is 5.82 Å². The molecule has 0 aliphatic rings. The summed E-state index contributed by atoms with van der Waals surface area (Å²) >= 11 is 0. The monoisotopic (exact) mass is 263 g/mol. The first-order chi connectivity index (χ1) is 9.79. The third-order valence-corrected chi connectivity index (χ3v) is 3.46. The Morgan fingerprint density at radius 1 is 1.05 bits per heavy atom. The van der Waals surface area contributed by atoms with Gasteiger partial charge in [0, 0.05) is 29.0 Å². The van der Waals surface area contributed by atoms with Gasteiger partial charge in [0.2, 0.25) is 0 Å². The SMILES string of the molecule is CCCc1ccc(-c2cccc3ccncc23)c(N)n1. The molecule has 3 nitrogen and oxygen atoms in total. The highest BCUT2D eigenvalue weighted by atomic mass is 14.8. The van der Waals surface area contributed by atoms with Gasteiger partial charge in [-0.25, -0.2) is 4.98 Å². The third-order valence-electron chi connectivity index (χ3n) is 3.46. The molecule has 2 aromatic heterocycles. The minimum absolute atomic E-state index is 0.590. The van der Waals surface area contributed by atoms with E-state index >= 15 is 0 Å². The number of fused-ring (bicyclic) bond motifs is 1. The van der Waals surface area contributed by atoms with Crippen LogP contribution in [0.2, 0.25) is 0 Å². The van der Waals surface area contributed by atoms with Crippen LogP contribution >= 0.6 is 0 Å². The van der Waals surface area contributed by atoms with Crippen molar-refractivity contribution in [3.05, 3.63) is 54.5 Å². The minimum Gasteiger partial charge on any atom is -0.383 e. The van der Waals surface area contributed by atoms with Crippen LogP contribution in [0.5, 0.6) is 0 Å². The summed E-state index contributed by atoms with van der Waals surface area (Å²) in [6, 6.07) is 12.3. The van der Waals surface area contributed by atoms with Crippen LogP contribution < -0.4 is 5.73 Å². The number of rotatable bonds is 3. The van der Waals surface area contributed by atoms with E-state index in [1.807, 2.05) is 18.3 Å². The first kappa shape index (κ1) is 12.6. The maximum Gasteiger partial charge on any atom is 0.131 e. The van der Waals surface area contributed by atoms with Crippen molar-refractivity contribution in [1.29, 1.82) is 0 Å². The number of nitrogens with zero attached hydrogens (tertiary/aromatic N) is 2. The van der Waals surface area contributed by atoms with Gasteiger partial charge in [0.1, 0.15) is 5.82 Å². The van der Waals surface area contributed by atoms with Gasteiger partial charge in [-0.15, -0.1) is 0 Å². The highest BCUT2D eigenvalue weighted by Crippen LogP contribution is 2.31. The van der Waals surface area contributed by atoms with E-state index in [9.17, 15) is 0 Å². The van der Waals surface area contributed by atoms with Gasteiger partial charge < -0.3 is 5.73 Å². The fourth-order valence-electron chi connectivity index (χ4n) is 2.49. The van der Waals surface area contributed by atoms with Crippen LogP contribution in [0.4, 0.5) is 5.82 Å². The molecule has 0 bridgehead atoms. The molecule has 20 heavy (non-hydrogen) atoms. The molecule has 100 valence electrons. The summed E-state index contributed by atoms with van der Waals surface area (Å²) in [6.45, 7) is 2.14. The van der Waals surface area contributed by atoms with Crippen LogP contribution in [-0.4, -0.2) is 9.97 Å². The van der Waals surface area contributed by atoms with Crippen molar-refractivity contribution in [3.63, 3.8) is 0 Å². The number of hydrogen-bond donors (Lipinski definition) is 1. The van der Waals surface area contributed by atoms with E-state index in [4.69, 9.17) is 5.73 Å². The van der Waals surface area contributed by atoms with Crippen molar-refractivity contribution in [1.82, 2.24) is 9.97 Å². The first-order valence-corrected chi connectivity index (χ1v) is 6.88. The Morgan fingerprint density at radius 2 is 1.95 bits per heavy atom. The Balaban J connectivity index is 2.16. The third kappa shape index (κ3) is 2.23. The van der Waals surface area contributed by atoms with Crippen molar-refractivity contribution in [2.75, 3.05) is 5.73 Å². The molecule has 0 unspecified atom stereocenters. The molecule has 3 heteroatoms. The zero-order chi connectivity index (χ0) is 13.9. The van der Waals surface area contributed by atoms with Crippen molar-refractivity contribution in [2.45, 2.75) is 19.8 Å². The Kier molecular flexibility index (Phi) is 3.33. The summed E-state index contributed by atoms with van der Waals surface area (Å²) < 4.78 is 0. The smallest absolute Gasteiger partial charge is 0.131 e. The topological polar surface area (TPSA) is 51.8 Å². The van der Waals surface area contributed by atoms with E-state index in [1.165, 1.54) is 0 Å². The lowest BCUT2D eigenvalue weighted by Gasteiger charge is -2.10. The molecule has 2 heterocycles. The van der Waals surface area contributed by atoms with Gasteiger partial charge in [0.05, 0.1) is 0 Å². The lowest BCUT2D eigenvalue weighted by atomic mass is 10.00. The predicted octanol–water partition coefficient (Wildman–Crippen LogP) is 3.83. The van der Waals surface area contributed by atoms with E-state index < -0.39 is 0 Å². The molecule has 0 radical (unpaired) electrons. The van der Waals surface area contributed by atoms with Crippen LogP contribution in [0.3, 0.4) is 0 Å². The zero-order valence-electron chi connectivity index (χ0n) is 11.5. The summed E-state index contributed by atoms with van der Waals surface area (Å²) in [5, 5.41) is 2.27. The molecule has 0 atom stereocenters. The molecular formula is C17H17N3. The molecule has 1 aromatic carbocycles. The van der Waals surface area contributed by atoms with Gasteiger partial charge in [-0.3, -0.25) is 4.98 Å². The number of hydrogen-bond acceptors (Lipinski definition) is 3. The van der Waals surface area contributed by atoms with Gasteiger partial charge in [-0.2, -0.15) is 0 Å². The largest absolute Gasteiger partial charge is 0.383 e. The number of nitrogen functional groups attached to an aromatic ring is 1. The molecule has 0 amide bonds. The quantitative estimate of drug-likeness (QED) is 0.781. The van der Waals surface area contributed by atoms with Crippen molar-refractivity contribution < 1.29 is 0 Å². The molecular weight excluding hydrogens is 246 g/mol. The number of aromatic nitrogens is 2. The summed E-state index contributed by atoms with van der Waals surface area (Å²) in [7, 11) is 0. The van der Waals surface area contributed by atoms with Crippen LogP contribution in [-0.2, 0) is 6.42 Å². The van der Waals surface area contributed by atoms with Crippen LogP contribution in [0.1, 0.15) is 19.0 Å². The van der Waals surface area contributed by atoms with Gasteiger partial charge in [-0.05, 0) is 35.6 Å². The fourth-order valence-corrected chi connectivity index (χ4v) is 2.49. The number of nitrogens with two attached hydrogens (primary N) is 1. The van der Waals surface area contributed by atoms with Crippen molar-refractivity contribution >= 4 is 16.6 Å². The Hall–Kier alpha value is -2.42. The summed E-state index contributed by atoms with van der Waals surface area (Å²) in [5.74, 6) is 0.590. The van der Waals surface area contributed by atoms with Gasteiger partial charge in [0.15, 0.2) is 0 Å². The second-order valence-corrected chi connectivity index (χ2v) is 4.89. The van der Waals surface area contributed by atoms with E-state index in [-0.39, 0.29) is 0 Å².